The van der Waals surface area contributed by atoms with E-state index < -0.39 is 42.4 Å². The highest BCUT2D eigenvalue weighted by molar-refractivity contribution is 5.94. The molecule has 4 atom stereocenters. The molecule has 1 saturated carbocycles. The molecule has 1 aliphatic carbocycles. The fourth-order valence-corrected chi connectivity index (χ4v) is 5.98. The summed E-state index contributed by atoms with van der Waals surface area (Å²) in [6.07, 6.45) is 1.31. The predicted molar refractivity (Wildman–Crippen MR) is 149 cm³/mol. The van der Waals surface area contributed by atoms with Gasteiger partial charge in [-0.1, -0.05) is 30.3 Å². The third kappa shape index (κ3) is 4.59. The highest BCUT2D eigenvalue weighted by Gasteiger charge is 2.44. The van der Waals surface area contributed by atoms with Crippen LogP contribution >= 0.6 is 0 Å². The van der Waals surface area contributed by atoms with E-state index in [1.165, 1.54) is 39.9 Å². The summed E-state index contributed by atoms with van der Waals surface area (Å²) >= 11 is 0. The Labute approximate surface area is 247 Å². The Kier molecular flexibility index (Phi) is 6.48. The first-order valence-corrected chi connectivity index (χ1v) is 13.9. The number of aliphatic carboxylic acids is 1. The smallest absolute Gasteiger partial charge is 0.333 e. The van der Waals surface area contributed by atoms with Crippen molar-refractivity contribution in [2.45, 2.75) is 38.0 Å². The minimum Gasteiger partial charge on any atom is -0.481 e. The highest BCUT2D eigenvalue weighted by atomic mass is 19.3. The van der Waals surface area contributed by atoms with Crippen LogP contribution in [0.2, 0.25) is 0 Å². The molecule has 13 heteroatoms. The number of halogens is 4. The molecule has 1 amide bonds. The Hall–Kier alpha value is -5.07. The van der Waals surface area contributed by atoms with Crippen LogP contribution in [0.1, 0.15) is 65.2 Å². The number of hydrogen-bond donors (Lipinski definition) is 1. The number of carbonyl (C=O) groups excluding carboxylic acids is 1. The van der Waals surface area contributed by atoms with E-state index in [0.29, 0.717) is 27.8 Å². The van der Waals surface area contributed by atoms with Crippen LogP contribution in [-0.2, 0) is 4.79 Å². The molecule has 9 nitrogen and oxygen atoms in total. The summed E-state index contributed by atoms with van der Waals surface area (Å²) in [7, 11) is 0. The molecule has 2 aromatic carbocycles. The number of amides is 1. The van der Waals surface area contributed by atoms with Crippen LogP contribution in [0.25, 0.3) is 28.2 Å². The van der Waals surface area contributed by atoms with Gasteiger partial charge < -0.3 is 10.0 Å². The van der Waals surface area contributed by atoms with E-state index in [9.17, 15) is 23.5 Å². The first kappa shape index (κ1) is 27.7. The van der Waals surface area contributed by atoms with E-state index in [1.54, 1.807) is 37.3 Å². The number of alkyl halides is 3. The number of rotatable bonds is 6. The normalized spacial score (nSPS) is 21.1. The van der Waals surface area contributed by atoms with Crippen molar-refractivity contribution in [2.24, 2.45) is 5.92 Å². The average Bonchev–Trinajstić information content (AvgIpc) is 3.46. The van der Waals surface area contributed by atoms with Crippen LogP contribution in [0.3, 0.4) is 0 Å². The van der Waals surface area contributed by atoms with Crippen LogP contribution in [-0.4, -0.2) is 52.8 Å². The maximum absolute atomic E-state index is 15.3. The Balaban J connectivity index is 1.31. The van der Waals surface area contributed by atoms with Gasteiger partial charge in [0.1, 0.15) is 17.7 Å². The lowest BCUT2D eigenvalue weighted by atomic mass is 9.92. The summed E-state index contributed by atoms with van der Waals surface area (Å²) in [5.74, 6) is -2.94. The third-order valence-electron chi connectivity index (χ3n) is 8.42. The van der Waals surface area contributed by atoms with Gasteiger partial charge in [-0.3, -0.25) is 9.59 Å². The average molecular weight is 605 g/mol. The number of aromatic nitrogens is 5. The summed E-state index contributed by atoms with van der Waals surface area (Å²) in [6.45, 7) is -1.32. The van der Waals surface area contributed by atoms with Gasteiger partial charge in [0.05, 0.1) is 36.1 Å². The zero-order valence-electron chi connectivity index (χ0n) is 23.1. The lowest BCUT2D eigenvalue weighted by Gasteiger charge is -2.36. The van der Waals surface area contributed by atoms with Crippen molar-refractivity contribution in [1.29, 1.82) is 0 Å². The molecule has 3 aromatic heterocycles. The van der Waals surface area contributed by atoms with Gasteiger partial charge in [-0.2, -0.15) is 19.0 Å². The van der Waals surface area contributed by atoms with Gasteiger partial charge >= 0.3 is 12.5 Å². The summed E-state index contributed by atoms with van der Waals surface area (Å²) in [5.41, 5.74) is 2.46. The van der Waals surface area contributed by atoms with E-state index >= 15 is 8.78 Å². The lowest BCUT2D eigenvalue weighted by molar-refractivity contribution is -0.138. The van der Waals surface area contributed by atoms with E-state index in [1.807, 2.05) is 0 Å². The van der Waals surface area contributed by atoms with Gasteiger partial charge in [0, 0.05) is 23.4 Å². The second-order valence-corrected chi connectivity index (χ2v) is 11.1. The van der Waals surface area contributed by atoms with Gasteiger partial charge in [0.15, 0.2) is 5.65 Å². The summed E-state index contributed by atoms with van der Waals surface area (Å²) < 4.78 is 59.0. The molecular weight excluding hydrogens is 580 g/mol. The molecule has 1 aliphatic heterocycles. The number of carboxylic acids is 1. The predicted octanol–water partition coefficient (Wildman–Crippen LogP) is 6.21. The fourth-order valence-electron chi connectivity index (χ4n) is 5.98. The zero-order chi connectivity index (χ0) is 30.9. The summed E-state index contributed by atoms with van der Waals surface area (Å²) in [6, 6.07) is 13.8. The molecule has 0 radical (unpaired) electrons. The van der Waals surface area contributed by atoms with Crippen molar-refractivity contribution in [3.05, 3.63) is 95.2 Å². The second-order valence-electron chi connectivity index (χ2n) is 11.1. The van der Waals surface area contributed by atoms with Crippen molar-refractivity contribution in [3.8, 4) is 22.5 Å². The van der Waals surface area contributed by atoms with Gasteiger partial charge in [0.25, 0.3) is 5.91 Å². The molecule has 0 bridgehead atoms. The van der Waals surface area contributed by atoms with E-state index in [-0.39, 0.29) is 46.3 Å². The molecule has 1 unspecified atom stereocenters. The standard InChI is InChI=1S/C31H24F4N6O3/c1-15-18-4-2-3-5-19(18)24(33)14-39(15)29(42)26-10-27(17-12-36-40(13-17)31(34)35)41-28(37-26)11-25(38-41)20-7-6-16(8-23(20)32)21-9-22(21)30(43)44/h2-8,10-13,15,21-22,24,31H,9,14H2,1H3,(H,43,44)/t15-,21-,22+,24?/m1/s1. The zero-order valence-corrected chi connectivity index (χ0v) is 23.1. The minimum atomic E-state index is -2.91. The Morgan fingerprint density at radius 1 is 1.07 bits per heavy atom. The third-order valence-corrected chi connectivity index (χ3v) is 8.42. The molecule has 1 N–H and O–H groups in total. The van der Waals surface area contributed by atoms with E-state index in [4.69, 9.17) is 0 Å². The number of nitrogens with zero attached hydrogens (tertiary/aromatic N) is 6. The molecule has 2 aliphatic rings. The van der Waals surface area contributed by atoms with Crippen molar-refractivity contribution in [3.63, 3.8) is 0 Å². The molecule has 0 saturated heterocycles. The van der Waals surface area contributed by atoms with Crippen LogP contribution < -0.4 is 0 Å². The topological polar surface area (TPSA) is 106 Å². The highest BCUT2D eigenvalue weighted by Crippen LogP contribution is 2.48. The van der Waals surface area contributed by atoms with Crippen LogP contribution in [0, 0.1) is 11.7 Å². The molecule has 224 valence electrons. The van der Waals surface area contributed by atoms with Crippen molar-refractivity contribution < 1.29 is 32.3 Å². The number of carboxylic acid groups (broad SMARTS) is 1. The Morgan fingerprint density at radius 3 is 2.52 bits per heavy atom. The van der Waals surface area contributed by atoms with Gasteiger partial charge in [0.2, 0.25) is 0 Å². The maximum atomic E-state index is 15.3. The minimum absolute atomic E-state index is 0.0774. The molecular formula is C31H24F4N6O3. The number of fused-ring (bicyclic) bond motifs is 2. The molecule has 1 fully saturated rings. The SMILES string of the molecule is C[C@@H]1c2ccccc2C(F)CN1C(=O)c1cc(-c2cnn(C(F)F)c2)n2nc(-c3ccc([C@H]4C[C@@H]4C(=O)O)cc3F)cc2n1. The first-order chi connectivity index (χ1) is 21.1. The molecule has 44 heavy (non-hydrogen) atoms. The summed E-state index contributed by atoms with van der Waals surface area (Å²) in [5, 5.41) is 17.4. The Morgan fingerprint density at radius 2 is 1.84 bits per heavy atom. The van der Waals surface area contributed by atoms with E-state index in [2.05, 4.69) is 15.2 Å². The quantitative estimate of drug-likeness (QED) is 0.231. The molecule has 7 rings (SSSR count). The van der Waals surface area contributed by atoms with E-state index in [0.717, 1.165) is 6.20 Å². The fraction of sp³-hybridized carbons (Fsp3) is 0.258. The largest absolute Gasteiger partial charge is 0.481 e. The van der Waals surface area contributed by atoms with Gasteiger partial charge in [-0.05, 0) is 54.2 Å². The molecule has 5 aromatic rings. The van der Waals surface area contributed by atoms with Crippen molar-refractivity contribution in [1.82, 2.24) is 29.3 Å². The van der Waals surface area contributed by atoms with Crippen LogP contribution in [0.15, 0.2) is 67.0 Å². The van der Waals surface area contributed by atoms with Crippen LogP contribution in [0.5, 0.6) is 0 Å². The van der Waals surface area contributed by atoms with Crippen molar-refractivity contribution in [2.75, 3.05) is 6.54 Å². The second kappa shape index (κ2) is 10.3. The van der Waals surface area contributed by atoms with Crippen LogP contribution in [0.4, 0.5) is 17.6 Å². The van der Waals surface area contributed by atoms with Crippen molar-refractivity contribution >= 4 is 17.5 Å². The molecule has 0 spiro atoms. The number of hydrogen-bond acceptors (Lipinski definition) is 5. The first-order valence-electron chi connectivity index (χ1n) is 13.9. The number of carbonyl (C=O) groups is 2. The number of benzene rings is 2. The monoisotopic (exact) mass is 604 g/mol. The maximum Gasteiger partial charge on any atom is 0.333 e. The summed E-state index contributed by atoms with van der Waals surface area (Å²) in [4.78, 5) is 31.0. The lowest BCUT2D eigenvalue weighted by Crippen LogP contribution is -2.40. The van der Waals surface area contributed by atoms with Gasteiger partial charge in [-0.25, -0.2) is 23.0 Å². The Bertz CT molecular complexity index is 1960. The van der Waals surface area contributed by atoms with Gasteiger partial charge in [-0.15, -0.1) is 0 Å². The molecule has 4 heterocycles.